The maximum Gasteiger partial charge on any atom is 1.00 e. The van der Waals surface area contributed by atoms with Gasteiger partial charge in [0.25, 0.3) is 0 Å². The Morgan fingerprint density at radius 3 is 1.07 bits per heavy atom. The fraction of sp³-hybridized carbons (Fsp3) is 0.423. The van der Waals surface area contributed by atoms with Gasteiger partial charge in [0.15, 0.2) is 0 Å². The smallest absolute Gasteiger partial charge is 0.870 e. The molecule has 0 radical (unpaired) electrons. The number of hydrogen-bond donors (Lipinski definition) is 4. The van der Waals surface area contributed by atoms with Gasteiger partial charge in [-0.25, -0.2) is 4.79 Å². The third kappa shape index (κ3) is 32.8. The van der Waals surface area contributed by atoms with Gasteiger partial charge in [0.2, 0.25) is 5.24 Å². The molecule has 0 amide bonds. The molecule has 4 aliphatic rings. The Morgan fingerprint density at radius 1 is 0.557 bits per heavy atom. The number of carbonyl (C=O) groups is 2. The number of halogens is 2. The van der Waals surface area contributed by atoms with Crippen LogP contribution in [0.3, 0.4) is 0 Å². The summed E-state index contributed by atoms with van der Waals surface area (Å²) in [5.74, 6) is 3.15. The van der Waals surface area contributed by atoms with E-state index >= 15 is 0 Å². The number of aliphatic hydroxyl groups is 3. The van der Waals surface area contributed by atoms with E-state index in [2.05, 4.69) is 13.2 Å². The van der Waals surface area contributed by atoms with E-state index in [1.54, 1.807) is 38.1 Å². The molecule has 4 aromatic carbocycles. The number of ether oxygens (including phenoxy) is 8. The molecule has 4 aliphatic heterocycles. The predicted molar refractivity (Wildman–Crippen MR) is 263 cm³/mol. The standard InChI is InChI=1S/C15H18O4.2C11H14O3.C8H10O2.C4H5ClO.C3H5ClO.Na.H2O/c1-11(2)15(16)17-8-7-12-3-5-13(6-4-12)18-9-14-10-19-14;2*12-6-5-9-1-3-10(4-2-9)13-7-11-8-14-11;9-6-5-7-1-3-8(10)4-2-7;1-3(2)4(5)6;4-1-3-2-5-3;;/h3-6,14H,1,7-10H2,2H3;2*1-4,11-12H,5-8H2;1-4,9-10H,5-6H2;1H2,2H3;3H,1-2H2;;1H2/q;;;;;;+1;/p-1. The van der Waals surface area contributed by atoms with Crippen LogP contribution in [0.5, 0.6) is 23.0 Å². The Balaban J connectivity index is 0.000000437. The van der Waals surface area contributed by atoms with E-state index in [4.69, 9.17) is 81.5 Å². The van der Waals surface area contributed by atoms with Crippen molar-refractivity contribution in [3.05, 3.63) is 144 Å². The van der Waals surface area contributed by atoms with Gasteiger partial charge in [-0.15, -0.1) is 11.6 Å². The normalized spacial score (nSPS) is 16.8. The summed E-state index contributed by atoms with van der Waals surface area (Å²) in [6.07, 6.45) is 4.00. The topological polar surface area (TPSA) is 232 Å². The van der Waals surface area contributed by atoms with Crippen molar-refractivity contribution in [3.8, 4) is 23.0 Å². The van der Waals surface area contributed by atoms with E-state index in [0.29, 0.717) is 87.4 Å². The van der Waals surface area contributed by atoms with E-state index in [1.165, 1.54) is 0 Å². The second-order valence-electron chi connectivity index (χ2n) is 15.6. The molecule has 4 aromatic rings. The molecule has 0 aliphatic carbocycles. The van der Waals surface area contributed by atoms with Crippen molar-refractivity contribution in [1.29, 1.82) is 0 Å². The predicted octanol–water partition coefficient (Wildman–Crippen LogP) is 3.83. The third-order valence-corrected chi connectivity index (χ3v) is 9.97. The summed E-state index contributed by atoms with van der Waals surface area (Å²) in [4.78, 5) is 21.0. The van der Waals surface area contributed by atoms with E-state index in [-0.39, 0.29) is 72.7 Å². The summed E-state index contributed by atoms with van der Waals surface area (Å²) in [5, 5.41) is 34.4. The molecule has 70 heavy (non-hydrogen) atoms. The van der Waals surface area contributed by atoms with E-state index in [9.17, 15) is 9.59 Å². The molecule has 4 atom stereocenters. The fourth-order valence-corrected chi connectivity index (χ4v) is 5.09. The van der Waals surface area contributed by atoms with Crippen molar-refractivity contribution in [3.63, 3.8) is 0 Å². The van der Waals surface area contributed by atoms with Gasteiger partial charge >= 0.3 is 35.5 Å². The number of aromatic hydroxyl groups is 1. The minimum atomic E-state index is -0.463. The first kappa shape index (κ1) is 64.0. The molecule has 5 N–H and O–H groups in total. The number of carbonyl (C=O) groups excluding carboxylic acids is 2. The molecule has 4 fully saturated rings. The molecule has 4 saturated heterocycles. The number of aliphatic hydroxyl groups excluding tert-OH is 3. The van der Waals surface area contributed by atoms with E-state index < -0.39 is 5.24 Å². The van der Waals surface area contributed by atoms with Gasteiger partial charge in [0.1, 0.15) is 61.1 Å². The number of allylic oxidation sites excluding steroid dienone is 1. The van der Waals surface area contributed by atoms with Crippen LogP contribution < -0.4 is 43.8 Å². The first-order valence-corrected chi connectivity index (χ1v) is 23.2. The minimum absolute atomic E-state index is 0. The molecule has 0 aromatic heterocycles. The van der Waals surface area contributed by atoms with Crippen molar-refractivity contribution in [2.24, 2.45) is 0 Å². The van der Waals surface area contributed by atoms with Crippen molar-refractivity contribution < 1.29 is 103 Å². The van der Waals surface area contributed by atoms with Crippen LogP contribution in [0.4, 0.5) is 0 Å². The third-order valence-electron chi connectivity index (χ3n) is 9.30. The van der Waals surface area contributed by atoms with Crippen LogP contribution >= 0.6 is 23.2 Å². The zero-order chi connectivity index (χ0) is 49.5. The van der Waals surface area contributed by atoms with Crippen LogP contribution in [-0.4, -0.2) is 140 Å². The van der Waals surface area contributed by atoms with Gasteiger partial charge in [-0.2, -0.15) is 0 Å². The maximum atomic E-state index is 11.2. The minimum Gasteiger partial charge on any atom is -0.870 e. The zero-order valence-corrected chi connectivity index (χ0v) is 43.9. The van der Waals surface area contributed by atoms with Gasteiger partial charge in [-0.05, 0) is 115 Å². The Kier molecular flexibility index (Phi) is 34.5. The molecule has 4 unspecified atom stereocenters. The number of rotatable bonds is 21. The second-order valence-corrected chi connectivity index (χ2v) is 16.3. The Hall–Kier alpha value is -4.04. The average molecular weight is 1030 g/mol. The number of alkyl halides is 1. The first-order chi connectivity index (χ1) is 32.8. The molecular formula is C52H67Cl2NaO15. The molecule has 8 rings (SSSR count). The summed E-state index contributed by atoms with van der Waals surface area (Å²) in [6.45, 7) is 16.1. The number of benzene rings is 4. The van der Waals surface area contributed by atoms with Crippen LogP contribution in [0, 0.1) is 0 Å². The number of esters is 1. The molecule has 0 saturated carbocycles. The van der Waals surface area contributed by atoms with Gasteiger partial charge in [-0.3, -0.25) is 4.79 Å². The zero-order valence-electron chi connectivity index (χ0n) is 40.3. The Labute approximate surface area is 443 Å². The number of epoxide rings is 4. The fourth-order valence-electron chi connectivity index (χ4n) is 4.91. The molecular weight excluding hydrogens is 958 g/mol. The summed E-state index contributed by atoms with van der Waals surface area (Å²) in [5.41, 5.74) is 5.21. The van der Waals surface area contributed by atoms with Crippen molar-refractivity contribution in [2.45, 2.75) is 63.9 Å². The summed E-state index contributed by atoms with van der Waals surface area (Å²) >= 11 is 10.1. The van der Waals surface area contributed by atoms with Crippen LogP contribution in [-0.2, 0) is 59.0 Å². The Bertz CT molecular complexity index is 1950. The SMILES string of the molecule is C=C(C)C(=O)Cl.C=C(C)C(=O)OCCc1ccc(OCC2CO2)cc1.ClCC1CO1.OCCc1ccc(O)cc1.OCCc1ccc(OCC2CO2)cc1.OCCc1ccc(OCC2CO2)cc1.[Na+].[OH-]. The van der Waals surface area contributed by atoms with Crippen LogP contribution in [0.1, 0.15) is 36.1 Å². The monoisotopic (exact) mass is 1020 g/mol. The van der Waals surface area contributed by atoms with Crippen LogP contribution in [0.25, 0.3) is 0 Å². The summed E-state index contributed by atoms with van der Waals surface area (Å²) in [7, 11) is 0. The molecule has 0 bridgehead atoms. The van der Waals surface area contributed by atoms with Gasteiger partial charge in [0.05, 0.1) is 45.0 Å². The second kappa shape index (κ2) is 37.7. The first-order valence-electron chi connectivity index (χ1n) is 22.3. The molecule has 15 nitrogen and oxygen atoms in total. The van der Waals surface area contributed by atoms with Gasteiger partial charge in [-0.1, -0.05) is 61.7 Å². The van der Waals surface area contributed by atoms with E-state index in [0.717, 1.165) is 65.9 Å². The maximum absolute atomic E-state index is 11.2. The molecule has 18 heteroatoms. The number of phenolic OH excluding ortho intramolecular Hbond substituents is 1. The molecule has 380 valence electrons. The van der Waals surface area contributed by atoms with Gasteiger partial charge < -0.3 is 63.8 Å². The molecule has 4 heterocycles. The van der Waals surface area contributed by atoms with Crippen molar-refractivity contribution >= 4 is 34.4 Å². The van der Waals surface area contributed by atoms with Crippen LogP contribution in [0.15, 0.2) is 121 Å². The quantitative estimate of drug-likeness (QED) is 0.0232. The van der Waals surface area contributed by atoms with Crippen LogP contribution in [0.2, 0.25) is 0 Å². The summed E-state index contributed by atoms with van der Waals surface area (Å²) in [6, 6.07) is 30.2. The number of hydrogen-bond acceptors (Lipinski definition) is 15. The van der Waals surface area contributed by atoms with Gasteiger partial charge in [0, 0.05) is 37.4 Å². The summed E-state index contributed by atoms with van der Waals surface area (Å²) < 4.78 is 41.4. The molecule has 0 spiro atoms. The Morgan fingerprint density at radius 2 is 0.843 bits per heavy atom. The van der Waals surface area contributed by atoms with Crippen molar-refractivity contribution in [2.75, 3.05) is 78.6 Å². The number of phenols is 1. The largest absolute Gasteiger partial charge is 1.00 e. The average Bonchev–Trinajstić information content (AvgIpc) is 4.12. The van der Waals surface area contributed by atoms with Crippen molar-refractivity contribution in [1.82, 2.24) is 0 Å². The van der Waals surface area contributed by atoms with E-state index in [1.807, 2.05) is 72.8 Å².